The Kier molecular flexibility index (Phi) is 5.34. The van der Waals surface area contributed by atoms with Gasteiger partial charge in [0.25, 0.3) is 0 Å². The molecular formula is C20H13F3O5S. The molecule has 3 aromatic rings. The van der Waals surface area contributed by atoms with E-state index in [1.54, 1.807) is 36.4 Å². The molecule has 150 valence electrons. The first kappa shape index (κ1) is 20.4. The van der Waals surface area contributed by atoms with Gasteiger partial charge in [-0.05, 0) is 41.0 Å². The summed E-state index contributed by atoms with van der Waals surface area (Å²) in [6.07, 6.45) is 0. The fourth-order valence-corrected chi connectivity index (χ4v) is 3.07. The standard InChI is InChI=1S/C20H13F3O5S/c21-20(22,23)29(26,27)28-18-12-16(13-6-8-15(9-7-13)19(24)25)10-11-17(18)14-4-2-1-3-5-14/h1-12H,(H,24,25). The Morgan fingerprint density at radius 1 is 0.828 bits per heavy atom. The van der Waals surface area contributed by atoms with Gasteiger partial charge in [-0.25, -0.2) is 4.79 Å². The number of alkyl halides is 3. The van der Waals surface area contributed by atoms with E-state index < -0.39 is 27.3 Å². The van der Waals surface area contributed by atoms with Crippen molar-refractivity contribution in [2.75, 3.05) is 0 Å². The fraction of sp³-hybridized carbons (Fsp3) is 0.0500. The molecular weight excluding hydrogens is 409 g/mol. The van der Waals surface area contributed by atoms with Gasteiger partial charge in [-0.15, -0.1) is 0 Å². The number of hydrogen-bond donors (Lipinski definition) is 1. The summed E-state index contributed by atoms with van der Waals surface area (Å²) in [5.41, 5.74) is -4.10. The van der Waals surface area contributed by atoms with Gasteiger partial charge in [0.1, 0.15) is 0 Å². The molecule has 0 saturated heterocycles. The van der Waals surface area contributed by atoms with Gasteiger partial charge < -0.3 is 9.29 Å². The molecule has 9 heteroatoms. The molecule has 3 rings (SSSR count). The van der Waals surface area contributed by atoms with Crippen LogP contribution in [0.3, 0.4) is 0 Å². The molecule has 0 amide bonds. The van der Waals surface area contributed by atoms with Crippen molar-refractivity contribution in [3.8, 4) is 28.0 Å². The Bertz CT molecular complexity index is 1140. The van der Waals surface area contributed by atoms with E-state index in [4.69, 9.17) is 5.11 Å². The van der Waals surface area contributed by atoms with Crippen LogP contribution >= 0.6 is 0 Å². The van der Waals surface area contributed by atoms with Crippen molar-refractivity contribution in [2.45, 2.75) is 5.51 Å². The predicted octanol–water partition coefficient (Wildman–Crippen LogP) is 4.95. The third-order valence-electron chi connectivity index (χ3n) is 4.01. The third kappa shape index (κ3) is 4.40. The van der Waals surface area contributed by atoms with Crippen molar-refractivity contribution >= 4 is 16.1 Å². The molecule has 0 atom stereocenters. The second kappa shape index (κ2) is 7.59. The molecule has 0 saturated carbocycles. The highest BCUT2D eigenvalue weighted by molar-refractivity contribution is 7.88. The summed E-state index contributed by atoms with van der Waals surface area (Å²) in [5, 5.41) is 8.96. The molecule has 0 aliphatic heterocycles. The number of hydrogen-bond acceptors (Lipinski definition) is 4. The van der Waals surface area contributed by atoms with Crippen molar-refractivity contribution in [2.24, 2.45) is 0 Å². The van der Waals surface area contributed by atoms with Crippen molar-refractivity contribution < 1.29 is 35.7 Å². The maximum absolute atomic E-state index is 12.8. The topological polar surface area (TPSA) is 80.7 Å². The van der Waals surface area contributed by atoms with Crippen LogP contribution in [0.2, 0.25) is 0 Å². The van der Waals surface area contributed by atoms with Crippen LogP contribution in [0.5, 0.6) is 5.75 Å². The number of halogens is 3. The number of benzene rings is 3. The van der Waals surface area contributed by atoms with Crippen molar-refractivity contribution in [1.82, 2.24) is 0 Å². The lowest BCUT2D eigenvalue weighted by atomic mass is 9.98. The molecule has 0 spiro atoms. The van der Waals surface area contributed by atoms with E-state index in [0.717, 1.165) is 0 Å². The highest BCUT2D eigenvalue weighted by Gasteiger charge is 2.48. The summed E-state index contributed by atoms with van der Waals surface area (Å²) in [4.78, 5) is 11.0. The minimum atomic E-state index is -5.88. The smallest absolute Gasteiger partial charge is 0.478 e. The highest BCUT2D eigenvalue weighted by atomic mass is 32.2. The summed E-state index contributed by atoms with van der Waals surface area (Å²) in [7, 11) is -5.88. The summed E-state index contributed by atoms with van der Waals surface area (Å²) in [6, 6.07) is 18.0. The average molecular weight is 422 g/mol. The zero-order valence-corrected chi connectivity index (χ0v) is 15.4. The molecule has 0 fully saturated rings. The second-order valence-corrected chi connectivity index (χ2v) is 7.48. The fourth-order valence-electron chi connectivity index (χ4n) is 2.60. The first-order valence-corrected chi connectivity index (χ1v) is 9.53. The van der Waals surface area contributed by atoms with Gasteiger partial charge in [0.2, 0.25) is 0 Å². The van der Waals surface area contributed by atoms with E-state index in [1.807, 2.05) is 0 Å². The zero-order valence-electron chi connectivity index (χ0n) is 14.6. The zero-order chi connectivity index (χ0) is 21.2. The van der Waals surface area contributed by atoms with Gasteiger partial charge >= 0.3 is 21.6 Å². The minimum Gasteiger partial charge on any atom is -0.478 e. The van der Waals surface area contributed by atoms with Crippen molar-refractivity contribution in [3.05, 3.63) is 78.4 Å². The van der Waals surface area contributed by atoms with E-state index in [9.17, 15) is 26.4 Å². The largest absolute Gasteiger partial charge is 0.534 e. The van der Waals surface area contributed by atoms with Crippen molar-refractivity contribution in [3.63, 3.8) is 0 Å². The molecule has 0 radical (unpaired) electrons. The van der Waals surface area contributed by atoms with Gasteiger partial charge in [-0.1, -0.05) is 48.5 Å². The van der Waals surface area contributed by atoms with E-state index in [-0.39, 0.29) is 11.1 Å². The van der Waals surface area contributed by atoms with Gasteiger partial charge in [-0.2, -0.15) is 21.6 Å². The minimum absolute atomic E-state index is 0.0331. The van der Waals surface area contributed by atoms with Crippen LogP contribution in [0.1, 0.15) is 10.4 Å². The Hall–Kier alpha value is -3.33. The first-order chi connectivity index (χ1) is 13.6. The molecule has 0 unspecified atom stereocenters. The number of carboxylic acid groups (broad SMARTS) is 1. The molecule has 0 aliphatic carbocycles. The molecule has 0 aromatic heterocycles. The summed E-state index contributed by atoms with van der Waals surface area (Å²) in [5.74, 6) is -1.62. The summed E-state index contributed by atoms with van der Waals surface area (Å²) in [6.45, 7) is 0. The average Bonchev–Trinajstić information content (AvgIpc) is 2.67. The van der Waals surface area contributed by atoms with Gasteiger partial charge in [0.15, 0.2) is 5.75 Å². The maximum Gasteiger partial charge on any atom is 0.534 e. The van der Waals surface area contributed by atoms with E-state index in [2.05, 4.69) is 4.18 Å². The summed E-state index contributed by atoms with van der Waals surface area (Å²) >= 11 is 0. The van der Waals surface area contributed by atoms with E-state index >= 15 is 0 Å². The van der Waals surface area contributed by atoms with Crippen LogP contribution in [0.25, 0.3) is 22.3 Å². The van der Waals surface area contributed by atoms with Crippen LogP contribution in [0.15, 0.2) is 72.8 Å². The van der Waals surface area contributed by atoms with E-state index in [1.165, 1.54) is 36.4 Å². The molecule has 0 bridgehead atoms. The second-order valence-electron chi connectivity index (χ2n) is 5.94. The third-order valence-corrected chi connectivity index (χ3v) is 4.98. The van der Waals surface area contributed by atoms with Gasteiger partial charge in [0.05, 0.1) is 5.56 Å². The molecule has 3 aromatic carbocycles. The number of carboxylic acids is 1. The maximum atomic E-state index is 12.8. The Morgan fingerprint density at radius 2 is 1.41 bits per heavy atom. The number of rotatable bonds is 5. The first-order valence-electron chi connectivity index (χ1n) is 8.12. The Labute approximate surface area is 164 Å². The number of aromatic carboxylic acids is 1. The number of carbonyl (C=O) groups is 1. The van der Waals surface area contributed by atoms with Crippen LogP contribution < -0.4 is 4.18 Å². The lowest BCUT2D eigenvalue weighted by Crippen LogP contribution is -2.28. The Balaban J connectivity index is 2.11. The normalized spacial score (nSPS) is 11.8. The van der Waals surface area contributed by atoms with Crippen LogP contribution in [0.4, 0.5) is 13.2 Å². The van der Waals surface area contributed by atoms with Crippen LogP contribution in [-0.4, -0.2) is 25.0 Å². The summed E-state index contributed by atoms with van der Waals surface area (Å²) < 4.78 is 66.0. The van der Waals surface area contributed by atoms with Crippen LogP contribution in [-0.2, 0) is 10.1 Å². The van der Waals surface area contributed by atoms with Gasteiger partial charge in [0, 0.05) is 5.56 Å². The monoisotopic (exact) mass is 422 g/mol. The molecule has 29 heavy (non-hydrogen) atoms. The molecule has 1 N–H and O–H groups in total. The van der Waals surface area contributed by atoms with E-state index in [0.29, 0.717) is 16.7 Å². The molecule has 5 nitrogen and oxygen atoms in total. The molecule has 0 heterocycles. The lowest BCUT2D eigenvalue weighted by molar-refractivity contribution is -0.0499. The van der Waals surface area contributed by atoms with Crippen LogP contribution in [0, 0.1) is 0 Å². The highest BCUT2D eigenvalue weighted by Crippen LogP contribution is 2.37. The SMILES string of the molecule is O=C(O)c1ccc(-c2ccc(-c3ccccc3)c(OS(=O)(=O)C(F)(F)F)c2)cc1. The Morgan fingerprint density at radius 3 is 1.97 bits per heavy atom. The predicted molar refractivity (Wildman–Crippen MR) is 99.9 cm³/mol. The van der Waals surface area contributed by atoms with Gasteiger partial charge in [-0.3, -0.25) is 0 Å². The lowest BCUT2D eigenvalue weighted by Gasteiger charge is -2.15. The quantitative estimate of drug-likeness (QED) is 0.465. The van der Waals surface area contributed by atoms with Crippen molar-refractivity contribution in [1.29, 1.82) is 0 Å². The molecule has 0 aliphatic rings.